The summed E-state index contributed by atoms with van der Waals surface area (Å²) >= 11 is 7.30. The molecule has 2 aromatic rings. The van der Waals surface area contributed by atoms with Gasteiger partial charge in [-0.2, -0.15) is 0 Å². The monoisotopic (exact) mass is 393 g/mol. The standard InChI is InChI=1S/C17H17Br2N/c1-11(12-5-2-3-7-15(12)18)20-17-10-9-13-14(17)6-4-8-16(13)19/h2-8,11,17,20H,9-10H2,1H3. The molecule has 0 heterocycles. The number of benzene rings is 2. The highest BCUT2D eigenvalue weighted by Gasteiger charge is 2.25. The molecule has 0 aromatic heterocycles. The van der Waals surface area contributed by atoms with E-state index in [0.29, 0.717) is 12.1 Å². The van der Waals surface area contributed by atoms with Crippen molar-refractivity contribution in [2.24, 2.45) is 0 Å². The van der Waals surface area contributed by atoms with E-state index in [1.807, 2.05) is 0 Å². The predicted octanol–water partition coefficient (Wildman–Crippen LogP) is 5.55. The van der Waals surface area contributed by atoms with Crippen molar-refractivity contribution >= 4 is 31.9 Å². The normalized spacial score (nSPS) is 18.9. The average Bonchev–Trinajstić information content (AvgIpc) is 2.84. The van der Waals surface area contributed by atoms with Gasteiger partial charge in [-0.1, -0.05) is 62.2 Å². The number of rotatable bonds is 3. The second-order valence-electron chi connectivity index (χ2n) is 5.31. The number of hydrogen-bond acceptors (Lipinski definition) is 1. The van der Waals surface area contributed by atoms with Crippen LogP contribution in [0.15, 0.2) is 51.4 Å². The van der Waals surface area contributed by atoms with Gasteiger partial charge in [0, 0.05) is 21.0 Å². The van der Waals surface area contributed by atoms with Crippen molar-refractivity contribution < 1.29 is 0 Å². The van der Waals surface area contributed by atoms with Gasteiger partial charge in [0.25, 0.3) is 0 Å². The minimum absolute atomic E-state index is 0.334. The van der Waals surface area contributed by atoms with Gasteiger partial charge in [-0.15, -0.1) is 0 Å². The van der Waals surface area contributed by atoms with Crippen molar-refractivity contribution in [1.82, 2.24) is 5.32 Å². The van der Waals surface area contributed by atoms with Gasteiger partial charge in [0.1, 0.15) is 0 Å². The van der Waals surface area contributed by atoms with E-state index in [1.165, 1.54) is 32.1 Å². The first kappa shape index (κ1) is 14.3. The average molecular weight is 395 g/mol. The second-order valence-corrected chi connectivity index (χ2v) is 7.02. The lowest BCUT2D eigenvalue weighted by Gasteiger charge is -2.21. The van der Waals surface area contributed by atoms with Crippen LogP contribution in [0, 0.1) is 0 Å². The molecular weight excluding hydrogens is 378 g/mol. The Balaban J connectivity index is 1.81. The largest absolute Gasteiger partial charge is 0.303 e. The Kier molecular flexibility index (Phi) is 4.29. The molecule has 0 spiro atoms. The third-order valence-electron chi connectivity index (χ3n) is 4.04. The molecule has 0 saturated heterocycles. The molecule has 2 unspecified atom stereocenters. The van der Waals surface area contributed by atoms with Gasteiger partial charge in [0.2, 0.25) is 0 Å². The Bertz CT molecular complexity index is 624. The highest BCUT2D eigenvalue weighted by atomic mass is 79.9. The molecule has 1 N–H and O–H groups in total. The molecule has 1 aliphatic carbocycles. The summed E-state index contributed by atoms with van der Waals surface area (Å²) in [4.78, 5) is 0. The van der Waals surface area contributed by atoms with Crippen molar-refractivity contribution in [2.75, 3.05) is 0 Å². The molecule has 3 heteroatoms. The fourth-order valence-electron chi connectivity index (χ4n) is 3.00. The molecule has 2 atom stereocenters. The van der Waals surface area contributed by atoms with Crippen LogP contribution in [-0.4, -0.2) is 0 Å². The maximum atomic E-state index is 3.77. The maximum absolute atomic E-state index is 3.77. The molecule has 0 amide bonds. The highest BCUT2D eigenvalue weighted by molar-refractivity contribution is 9.10. The molecule has 3 rings (SSSR count). The summed E-state index contributed by atoms with van der Waals surface area (Å²) in [6.45, 7) is 2.23. The van der Waals surface area contributed by atoms with Crippen molar-refractivity contribution in [1.29, 1.82) is 0 Å². The second kappa shape index (κ2) is 6.00. The van der Waals surface area contributed by atoms with Gasteiger partial charge in [-0.05, 0) is 48.6 Å². The third kappa shape index (κ3) is 2.72. The molecule has 0 aliphatic heterocycles. The van der Waals surface area contributed by atoms with E-state index in [9.17, 15) is 0 Å². The van der Waals surface area contributed by atoms with E-state index in [1.54, 1.807) is 0 Å². The first-order valence-corrected chi connectivity index (χ1v) is 8.53. The Morgan fingerprint density at radius 2 is 1.80 bits per heavy atom. The zero-order valence-electron chi connectivity index (χ0n) is 11.4. The van der Waals surface area contributed by atoms with Crippen molar-refractivity contribution in [3.05, 3.63) is 68.1 Å². The van der Waals surface area contributed by atoms with Crippen LogP contribution in [0.25, 0.3) is 0 Å². The lowest BCUT2D eigenvalue weighted by molar-refractivity contribution is 0.464. The van der Waals surface area contributed by atoms with Gasteiger partial charge in [-0.25, -0.2) is 0 Å². The van der Waals surface area contributed by atoms with E-state index in [0.717, 1.165) is 6.42 Å². The topological polar surface area (TPSA) is 12.0 Å². The Morgan fingerprint density at radius 1 is 1.05 bits per heavy atom. The molecule has 0 fully saturated rings. The molecule has 104 valence electrons. The summed E-state index contributed by atoms with van der Waals surface area (Å²) in [6.07, 6.45) is 2.32. The summed E-state index contributed by atoms with van der Waals surface area (Å²) in [5, 5.41) is 3.77. The molecule has 20 heavy (non-hydrogen) atoms. The minimum Gasteiger partial charge on any atom is -0.303 e. The molecular formula is C17H17Br2N. The van der Waals surface area contributed by atoms with Crippen LogP contribution in [0.1, 0.15) is 42.1 Å². The van der Waals surface area contributed by atoms with Gasteiger partial charge in [0.05, 0.1) is 0 Å². The van der Waals surface area contributed by atoms with E-state index in [-0.39, 0.29) is 0 Å². The molecule has 0 bridgehead atoms. The Morgan fingerprint density at radius 3 is 2.60 bits per heavy atom. The van der Waals surface area contributed by atoms with Gasteiger partial charge in [0.15, 0.2) is 0 Å². The summed E-state index contributed by atoms with van der Waals surface area (Å²) in [5.74, 6) is 0. The molecule has 1 nitrogen and oxygen atoms in total. The van der Waals surface area contributed by atoms with E-state index < -0.39 is 0 Å². The highest BCUT2D eigenvalue weighted by Crippen LogP contribution is 2.37. The van der Waals surface area contributed by atoms with E-state index >= 15 is 0 Å². The van der Waals surface area contributed by atoms with Crippen molar-refractivity contribution in [3.8, 4) is 0 Å². The van der Waals surface area contributed by atoms with Crippen LogP contribution in [0.5, 0.6) is 0 Å². The van der Waals surface area contributed by atoms with Crippen LogP contribution in [0.3, 0.4) is 0 Å². The fraction of sp³-hybridized carbons (Fsp3) is 0.294. The van der Waals surface area contributed by atoms with Crippen LogP contribution in [0.4, 0.5) is 0 Å². The summed E-state index contributed by atoms with van der Waals surface area (Å²) in [6, 6.07) is 15.7. The van der Waals surface area contributed by atoms with Gasteiger partial charge in [-0.3, -0.25) is 0 Å². The summed E-state index contributed by atoms with van der Waals surface area (Å²) < 4.78 is 2.42. The lowest BCUT2D eigenvalue weighted by atomic mass is 10.0. The summed E-state index contributed by atoms with van der Waals surface area (Å²) in [5.41, 5.74) is 4.22. The van der Waals surface area contributed by atoms with Gasteiger partial charge >= 0.3 is 0 Å². The zero-order valence-corrected chi connectivity index (χ0v) is 14.5. The first-order valence-electron chi connectivity index (χ1n) is 6.94. The van der Waals surface area contributed by atoms with Crippen LogP contribution >= 0.6 is 31.9 Å². The zero-order chi connectivity index (χ0) is 14.1. The van der Waals surface area contributed by atoms with Crippen molar-refractivity contribution in [2.45, 2.75) is 31.8 Å². The number of fused-ring (bicyclic) bond motifs is 1. The van der Waals surface area contributed by atoms with Crippen LogP contribution in [-0.2, 0) is 6.42 Å². The molecule has 0 radical (unpaired) electrons. The SMILES string of the molecule is CC(NC1CCc2c(Br)cccc21)c1ccccc1Br. The smallest absolute Gasteiger partial charge is 0.0332 e. The number of nitrogens with one attached hydrogen (secondary N) is 1. The fourth-order valence-corrected chi connectivity index (χ4v) is 4.21. The molecule has 0 saturated carbocycles. The molecule has 2 aromatic carbocycles. The van der Waals surface area contributed by atoms with Gasteiger partial charge < -0.3 is 5.32 Å². The Labute approximate surface area is 137 Å². The first-order chi connectivity index (χ1) is 9.66. The van der Waals surface area contributed by atoms with E-state index in [2.05, 4.69) is 86.6 Å². The van der Waals surface area contributed by atoms with Crippen molar-refractivity contribution in [3.63, 3.8) is 0 Å². The minimum atomic E-state index is 0.334. The Hall–Kier alpha value is -0.640. The van der Waals surface area contributed by atoms with Crippen LogP contribution in [0.2, 0.25) is 0 Å². The molecule has 1 aliphatic rings. The van der Waals surface area contributed by atoms with Crippen LogP contribution < -0.4 is 5.32 Å². The predicted molar refractivity (Wildman–Crippen MR) is 90.9 cm³/mol. The number of halogens is 2. The quantitative estimate of drug-likeness (QED) is 0.719. The number of hydrogen-bond donors (Lipinski definition) is 1. The third-order valence-corrected chi connectivity index (χ3v) is 5.50. The lowest BCUT2D eigenvalue weighted by Crippen LogP contribution is -2.23. The van der Waals surface area contributed by atoms with E-state index in [4.69, 9.17) is 0 Å². The maximum Gasteiger partial charge on any atom is 0.0332 e. The summed E-state index contributed by atoms with van der Waals surface area (Å²) in [7, 11) is 0.